The molecule has 0 radical (unpaired) electrons. The Morgan fingerprint density at radius 1 is 1.03 bits per heavy atom. The van der Waals surface area contributed by atoms with E-state index in [1.54, 1.807) is 24.3 Å². The largest absolute Gasteiger partial charge is 0.506 e. The lowest BCUT2D eigenvalue weighted by Crippen LogP contribution is -2.32. The van der Waals surface area contributed by atoms with Crippen molar-refractivity contribution in [3.8, 4) is 5.75 Å². The molecule has 0 atom stereocenters. The number of nitrogens with one attached hydrogen (secondary N) is 1. The van der Waals surface area contributed by atoms with Gasteiger partial charge >= 0.3 is 0 Å². The van der Waals surface area contributed by atoms with Crippen LogP contribution < -0.4 is 5.32 Å². The zero-order valence-corrected chi connectivity index (χ0v) is 19.0. The first-order valence-corrected chi connectivity index (χ1v) is 11.7. The highest BCUT2D eigenvalue weighted by Gasteiger charge is 2.33. The highest BCUT2D eigenvalue weighted by molar-refractivity contribution is 9.11. The predicted octanol–water partition coefficient (Wildman–Crippen LogP) is 3.27. The topological polar surface area (TPSA) is 110 Å². The second-order valence-electron chi connectivity index (χ2n) is 6.20. The molecule has 2 N–H and O–H groups in total. The molecule has 10 heteroatoms. The summed E-state index contributed by atoms with van der Waals surface area (Å²) in [4.78, 5) is 26.3. The van der Waals surface area contributed by atoms with Crippen molar-refractivity contribution in [2.24, 2.45) is 0 Å². The summed E-state index contributed by atoms with van der Waals surface area (Å²) in [6, 6.07) is 9.52. The zero-order chi connectivity index (χ0) is 21.3. The van der Waals surface area contributed by atoms with E-state index in [0.29, 0.717) is 14.5 Å². The van der Waals surface area contributed by atoms with Crippen LogP contribution in [0.15, 0.2) is 51.0 Å². The molecule has 2 aromatic carbocycles. The minimum atomic E-state index is -3.63. The van der Waals surface area contributed by atoms with Gasteiger partial charge in [0.25, 0.3) is 10.1 Å². The van der Waals surface area contributed by atoms with E-state index < -0.39 is 15.9 Å². The molecule has 0 spiro atoms. The summed E-state index contributed by atoms with van der Waals surface area (Å²) in [5, 5.41) is 12.8. The molecule has 1 aliphatic carbocycles. The number of fused-ring (bicyclic) bond motifs is 1. The second-order valence-corrected chi connectivity index (χ2v) is 9.55. The first-order valence-electron chi connectivity index (χ1n) is 8.29. The fourth-order valence-electron chi connectivity index (χ4n) is 2.90. The Labute approximate surface area is 184 Å². The Hall–Kier alpha value is -2.01. The Morgan fingerprint density at radius 3 is 2.14 bits per heavy atom. The number of hydrogen-bond acceptors (Lipinski definition) is 7. The van der Waals surface area contributed by atoms with Crippen LogP contribution in [-0.2, 0) is 14.3 Å². The maximum atomic E-state index is 13.2. The van der Waals surface area contributed by atoms with Crippen molar-refractivity contribution in [3.63, 3.8) is 0 Å². The second kappa shape index (κ2) is 8.39. The number of hydrogen-bond donors (Lipinski definition) is 2. The minimum Gasteiger partial charge on any atom is -0.506 e. The van der Waals surface area contributed by atoms with Crippen LogP contribution in [0.25, 0.3) is 5.57 Å². The van der Waals surface area contributed by atoms with Crippen LogP contribution >= 0.6 is 31.9 Å². The number of rotatable bonds is 6. The smallest absolute Gasteiger partial charge is 0.264 e. The Balaban J connectivity index is 2.09. The first-order chi connectivity index (χ1) is 13.6. The molecule has 0 fully saturated rings. The maximum absolute atomic E-state index is 13.2. The average molecular weight is 545 g/mol. The molecular formula is C19H15Br2NO6S. The van der Waals surface area contributed by atoms with E-state index in [1.165, 1.54) is 12.1 Å². The summed E-state index contributed by atoms with van der Waals surface area (Å²) in [6.07, 6.45) is 0.925. The molecule has 0 unspecified atom stereocenters. The van der Waals surface area contributed by atoms with E-state index in [1.807, 2.05) is 0 Å². The van der Waals surface area contributed by atoms with Gasteiger partial charge in [-0.15, -0.1) is 0 Å². The molecule has 2 aromatic rings. The molecule has 0 aliphatic heterocycles. The standard InChI is InChI=1S/C19H15Br2NO6S/c1-29(26,27)28-7-6-22-16-15(10-8-13(20)19(25)14(21)9-10)17(23)11-4-2-3-5-12(11)18(16)24/h2-5,8-9,22,25H,6-7H2,1H3. The lowest BCUT2D eigenvalue weighted by Gasteiger charge is -2.22. The first kappa shape index (κ1) is 21.7. The van der Waals surface area contributed by atoms with Crippen LogP contribution in [0.2, 0.25) is 0 Å². The van der Waals surface area contributed by atoms with Crippen LogP contribution in [-0.4, -0.2) is 44.5 Å². The Morgan fingerprint density at radius 2 is 1.59 bits per heavy atom. The van der Waals surface area contributed by atoms with Crippen LogP contribution in [0.1, 0.15) is 26.3 Å². The summed E-state index contributed by atoms with van der Waals surface area (Å²) in [6.45, 7) is -0.213. The number of Topliss-reactive ketones (excluding diaryl/α,β-unsaturated/α-hetero) is 2. The van der Waals surface area contributed by atoms with Gasteiger partial charge in [-0.05, 0) is 49.6 Å². The molecule has 0 saturated carbocycles. The van der Waals surface area contributed by atoms with E-state index in [4.69, 9.17) is 0 Å². The van der Waals surface area contributed by atoms with Gasteiger partial charge in [0, 0.05) is 17.7 Å². The monoisotopic (exact) mass is 543 g/mol. The molecular weight excluding hydrogens is 530 g/mol. The highest BCUT2D eigenvalue weighted by Crippen LogP contribution is 2.38. The molecule has 152 valence electrons. The molecule has 29 heavy (non-hydrogen) atoms. The summed E-state index contributed by atoms with van der Waals surface area (Å²) in [5.74, 6) is -0.800. The zero-order valence-electron chi connectivity index (χ0n) is 15.0. The van der Waals surface area contributed by atoms with E-state index in [2.05, 4.69) is 41.4 Å². The van der Waals surface area contributed by atoms with Crippen molar-refractivity contribution < 1.29 is 27.3 Å². The third kappa shape index (κ3) is 4.61. The van der Waals surface area contributed by atoms with Gasteiger partial charge in [-0.25, -0.2) is 0 Å². The van der Waals surface area contributed by atoms with Crippen molar-refractivity contribution in [1.82, 2.24) is 5.32 Å². The number of carbonyl (C=O) groups excluding carboxylic acids is 2. The number of phenols is 1. The molecule has 0 bridgehead atoms. The predicted molar refractivity (Wildman–Crippen MR) is 114 cm³/mol. The van der Waals surface area contributed by atoms with Gasteiger partial charge in [-0.1, -0.05) is 24.3 Å². The molecule has 0 amide bonds. The highest BCUT2D eigenvalue weighted by atomic mass is 79.9. The minimum absolute atomic E-state index is 0.00644. The summed E-state index contributed by atoms with van der Waals surface area (Å²) in [7, 11) is -3.63. The van der Waals surface area contributed by atoms with E-state index in [-0.39, 0.29) is 47.1 Å². The lowest BCUT2D eigenvalue weighted by atomic mass is 9.84. The van der Waals surface area contributed by atoms with Crippen LogP contribution in [0.3, 0.4) is 0 Å². The van der Waals surface area contributed by atoms with Gasteiger partial charge < -0.3 is 10.4 Å². The maximum Gasteiger partial charge on any atom is 0.264 e. The summed E-state index contributed by atoms with van der Waals surface area (Å²) >= 11 is 6.46. The van der Waals surface area contributed by atoms with Crippen LogP contribution in [0.4, 0.5) is 0 Å². The van der Waals surface area contributed by atoms with E-state index in [9.17, 15) is 23.1 Å². The number of allylic oxidation sites excluding steroid dienone is 2. The third-order valence-corrected chi connectivity index (χ3v) is 5.93. The van der Waals surface area contributed by atoms with Gasteiger partial charge in [0.2, 0.25) is 5.78 Å². The van der Waals surface area contributed by atoms with E-state index in [0.717, 1.165) is 6.26 Å². The lowest BCUT2D eigenvalue weighted by molar-refractivity contribution is 0.0985. The van der Waals surface area contributed by atoms with Gasteiger partial charge in [0.1, 0.15) is 5.75 Å². The van der Waals surface area contributed by atoms with Gasteiger partial charge in [0.15, 0.2) is 5.78 Å². The van der Waals surface area contributed by atoms with Crippen molar-refractivity contribution >= 4 is 59.1 Å². The quantitative estimate of drug-likeness (QED) is 0.424. The van der Waals surface area contributed by atoms with Crippen molar-refractivity contribution in [2.75, 3.05) is 19.4 Å². The number of benzene rings is 2. The number of halogens is 2. The molecule has 0 saturated heterocycles. The third-order valence-electron chi connectivity index (χ3n) is 4.13. The number of ketones is 2. The molecule has 7 nitrogen and oxygen atoms in total. The average Bonchev–Trinajstić information content (AvgIpc) is 2.65. The fraction of sp³-hybridized carbons (Fsp3) is 0.158. The van der Waals surface area contributed by atoms with E-state index >= 15 is 0 Å². The fourth-order valence-corrected chi connectivity index (χ4v) is 4.47. The normalized spacial score (nSPS) is 14.2. The Kier molecular flexibility index (Phi) is 6.27. The summed E-state index contributed by atoms with van der Waals surface area (Å²) < 4.78 is 27.6. The number of carbonyl (C=O) groups is 2. The summed E-state index contributed by atoms with van der Waals surface area (Å²) in [5.41, 5.74) is 1.08. The molecule has 0 heterocycles. The van der Waals surface area contributed by atoms with Crippen molar-refractivity contribution in [3.05, 3.63) is 67.7 Å². The molecule has 3 rings (SSSR count). The number of aromatic hydroxyl groups is 1. The van der Waals surface area contributed by atoms with Gasteiger partial charge in [-0.2, -0.15) is 8.42 Å². The molecule has 0 aromatic heterocycles. The SMILES string of the molecule is CS(=O)(=O)OCCNC1=C(c2cc(Br)c(O)c(Br)c2)C(=O)c2ccccc2C1=O. The van der Waals surface area contributed by atoms with Crippen LogP contribution in [0.5, 0.6) is 5.75 Å². The Bertz CT molecular complexity index is 1130. The molecule has 1 aliphatic rings. The number of phenolic OH excluding ortho intramolecular Hbond substituents is 1. The van der Waals surface area contributed by atoms with Crippen LogP contribution in [0, 0.1) is 0 Å². The van der Waals surface area contributed by atoms with Gasteiger partial charge in [0.05, 0.1) is 33.1 Å². The van der Waals surface area contributed by atoms with Crippen molar-refractivity contribution in [1.29, 1.82) is 0 Å². The van der Waals surface area contributed by atoms with Gasteiger partial charge in [-0.3, -0.25) is 13.8 Å². The van der Waals surface area contributed by atoms with Crippen molar-refractivity contribution in [2.45, 2.75) is 0 Å².